The summed E-state index contributed by atoms with van der Waals surface area (Å²) in [4.78, 5) is 15.9. The van der Waals surface area contributed by atoms with Crippen molar-refractivity contribution in [2.24, 2.45) is 0 Å². The molecular formula is C22H28N2OS. The molecule has 1 fully saturated rings. The molecule has 1 heterocycles. The summed E-state index contributed by atoms with van der Waals surface area (Å²) in [5, 5.41) is 2.95. The maximum atomic E-state index is 12.4. The number of amides is 1. The fraction of sp³-hybridized carbons (Fsp3) is 0.409. The van der Waals surface area contributed by atoms with E-state index in [-0.39, 0.29) is 11.2 Å². The highest BCUT2D eigenvalue weighted by Gasteiger charge is 2.14. The third-order valence-electron chi connectivity index (χ3n) is 4.83. The molecule has 26 heavy (non-hydrogen) atoms. The zero-order valence-corrected chi connectivity index (χ0v) is 16.5. The molecule has 0 radical (unpaired) electrons. The Morgan fingerprint density at radius 2 is 1.69 bits per heavy atom. The van der Waals surface area contributed by atoms with E-state index in [2.05, 4.69) is 65.7 Å². The van der Waals surface area contributed by atoms with Crippen LogP contribution in [0.1, 0.15) is 37.3 Å². The zero-order chi connectivity index (χ0) is 18.4. The van der Waals surface area contributed by atoms with Crippen LogP contribution in [0.4, 0.5) is 5.69 Å². The molecule has 0 bridgehead atoms. The molecule has 1 saturated heterocycles. The van der Waals surface area contributed by atoms with Gasteiger partial charge < -0.3 is 10.2 Å². The normalized spacial score (nSPS) is 15.5. The van der Waals surface area contributed by atoms with Gasteiger partial charge in [0, 0.05) is 30.2 Å². The van der Waals surface area contributed by atoms with Gasteiger partial charge in [-0.15, -0.1) is 11.8 Å². The van der Waals surface area contributed by atoms with Gasteiger partial charge in [0.1, 0.15) is 0 Å². The molecule has 1 atom stereocenters. The lowest BCUT2D eigenvalue weighted by Gasteiger charge is -2.28. The summed E-state index contributed by atoms with van der Waals surface area (Å²) in [6.07, 6.45) is 3.92. The zero-order valence-electron chi connectivity index (χ0n) is 15.7. The number of nitrogens with zero attached hydrogens (tertiary/aromatic N) is 1. The van der Waals surface area contributed by atoms with Crippen LogP contribution in [0.5, 0.6) is 0 Å². The summed E-state index contributed by atoms with van der Waals surface area (Å²) < 4.78 is 0. The standard InChI is InChI=1S/C22H28N2OS/c1-17-6-12-21(13-7-17)26-18(2)22(25)23-16-19-8-10-20(11-9-19)24-14-4-3-5-15-24/h6-13,18H,3-5,14-16H2,1-2H3,(H,23,25). The molecule has 3 rings (SSSR count). The number of aryl methyl sites for hydroxylation is 1. The van der Waals surface area contributed by atoms with Gasteiger partial charge in [0.15, 0.2) is 0 Å². The molecule has 1 unspecified atom stereocenters. The molecule has 138 valence electrons. The van der Waals surface area contributed by atoms with Gasteiger partial charge in [-0.1, -0.05) is 29.8 Å². The average molecular weight is 369 g/mol. The van der Waals surface area contributed by atoms with E-state index in [4.69, 9.17) is 0 Å². The first-order chi connectivity index (χ1) is 12.6. The number of rotatable bonds is 6. The minimum atomic E-state index is -0.106. The first-order valence-electron chi connectivity index (χ1n) is 9.47. The number of hydrogen-bond acceptors (Lipinski definition) is 3. The van der Waals surface area contributed by atoms with E-state index >= 15 is 0 Å². The highest BCUT2D eigenvalue weighted by molar-refractivity contribution is 8.00. The molecule has 2 aromatic rings. The number of benzene rings is 2. The highest BCUT2D eigenvalue weighted by atomic mass is 32.2. The number of carbonyl (C=O) groups is 1. The summed E-state index contributed by atoms with van der Waals surface area (Å²) >= 11 is 1.60. The van der Waals surface area contributed by atoms with E-state index in [0.717, 1.165) is 23.5 Å². The second-order valence-electron chi connectivity index (χ2n) is 7.01. The second kappa shape index (κ2) is 9.13. The van der Waals surface area contributed by atoms with E-state index < -0.39 is 0 Å². The Bertz CT molecular complexity index is 706. The van der Waals surface area contributed by atoms with Crippen molar-refractivity contribution >= 4 is 23.4 Å². The van der Waals surface area contributed by atoms with Gasteiger partial charge in [-0.05, 0) is 62.9 Å². The number of anilines is 1. The highest BCUT2D eigenvalue weighted by Crippen LogP contribution is 2.24. The molecule has 1 N–H and O–H groups in total. The minimum Gasteiger partial charge on any atom is -0.372 e. The summed E-state index contributed by atoms with van der Waals surface area (Å²) in [5.74, 6) is 0.0793. The molecule has 0 aliphatic carbocycles. The van der Waals surface area contributed by atoms with E-state index in [0.29, 0.717) is 6.54 Å². The van der Waals surface area contributed by atoms with Gasteiger partial charge in [-0.25, -0.2) is 0 Å². The van der Waals surface area contributed by atoms with Crippen molar-refractivity contribution in [1.82, 2.24) is 5.32 Å². The minimum absolute atomic E-state index is 0.0793. The maximum absolute atomic E-state index is 12.4. The van der Waals surface area contributed by atoms with Gasteiger partial charge in [-0.2, -0.15) is 0 Å². The Kier molecular flexibility index (Phi) is 6.62. The first-order valence-corrected chi connectivity index (χ1v) is 10.3. The SMILES string of the molecule is Cc1ccc(SC(C)C(=O)NCc2ccc(N3CCCCC3)cc2)cc1. The number of piperidine rings is 1. The van der Waals surface area contributed by atoms with Gasteiger partial charge >= 0.3 is 0 Å². The Morgan fingerprint density at radius 3 is 2.35 bits per heavy atom. The summed E-state index contributed by atoms with van der Waals surface area (Å²) in [7, 11) is 0. The van der Waals surface area contributed by atoms with Crippen molar-refractivity contribution < 1.29 is 4.79 Å². The maximum Gasteiger partial charge on any atom is 0.233 e. The quantitative estimate of drug-likeness (QED) is 0.745. The van der Waals surface area contributed by atoms with Crippen molar-refractivity contribution in [3.8, 4) is 0 Å². The average Bonchev–Trinajstić information content (AvgIpc) is 2.69. The van der Waals surface area contributed by atoms with E-state index in [9.17, 15) is 4.79 Å². The Labute approximate surface area is 161 Å². The predicted molar refractivity (Wildman–Crippen MR) is 111 cm³/mol. The van der Waals surface area contributed by atoms with Crippen LogP contribution < -0.4 is 10.2 Å². The van der Waals surface area contributed by atoms with Gasteiger partial charge in [-0.3, -0.25) is 4.79 Å². The lowest BCUT2D eigenvalue weighted by molar-refractivity contribution is -0.120. The van der Waals surface area contributed by atoms with Crippen LogP contribution in [0.25, 0.3) is 0 Å². The molecule has 2 aromatic carbocycles. The van der Waals surface area contributed by atoms with E-state index in [1.54, 1.807) is 11.8 Å². The van der Waals surface area contributed by atoms with Crippen molar-refractivity contribution in [3.05, 3.63) is 59.7 Å². The topological polar surface area (TPSA) is 32.3 Å². The summed E-state index contributed by atoms with van der Waals surface area (Å²) in [5.41, 5.74) is 3.68. The van der Waals surface area contributed by atoms with Crippen LogP contribution in [0, 0.1) is 6.92 Å². The van der Waals surface area contributed by atoms with Crippen molar-refractivity contribution in [2.45, 2.75) is 49.8 Å². The Morgan fingerprint density at radius 1 is 1.04 bits per heavy atom. The molecule has 3 nitrogen and oxygen atoms in total. The van der Waals surface area contributed by atoms with Gasteiger partial charge in [0.25, 0.3) is 0 Å². The van der Waals surface area contributed by atoms with Crippen molar-refractivity contribution in [2.75, 3.05) is 18.0 Å². The van der Waals surface area contributed by atoms with Crippen LogP contribution in [-0.4, -0.2) is 24.2 Å². The molecule has 1 aliphatic rings. The van der Waals surface area contributed by atoms with E-state index in [1.807, 2.05) is 6.92 Å². The van der Waals surface area contributed by atoms with Crippen molar-refractivity contribution in [3.63, 3.8) is 0 Å². The molecule has 4 heteroatoms. The lowest BCUT2D eigenvalue weighted by atomic mass is 10.1. The van der Waals surface area contributed by atoms with Crippen LogP contribution in [0.15, 0.2) is 53.4 Å². The van der Waals surface area contributed by atoms with Gasteiger partial charge in [0.05, 0.1) is 5.25 Å². The molecular weight excluding hydrogens is 340 g/mol. The number of carbonyl (C=O) groups excluding carboxylic acids is 1. The molecule has 0 saturated carbocycles. The lowest BCUT2D eigenvalue weighted by Crippen LogP contribution is -2.30. The van der Waals surface area contributed by atoms with Crippen LogP contribution in [-0.2, 0) is 11.3 Å². The third kappa shape index (κ3) is 5.28. The first kappa shape index (κ1) is 18.8. The summed E-state index contributed by atoms with van der Waals surface area (Å²) in [6, 6.07) is 16.9. The largest absolute Gasteiger partial charge is 0.372 e. The van der Waals surface area contributed by atoms with Gasteiger partial charge in [0.2, 0.25) is 5.91 Å². The second-order valence-corrected chi connectivity index (χ2v) is 8.42. The Balaban J connectivity index is 1.48. The van der Waals surface area contributed by atoms with Crippen LogP contribution in [0.2, 0.25) is 0 Å². The van der Waals surface area contributed by atoms with Crippen LogP contribution in [0.3, 0.4) is 0 Å². The fourth-order valence-corrected chi connectivity index (χ4v) is 4.08. The van der Waals surface area contributed by atoms with Crippen LogP contribution >= 0.6 is 11.8 Å². The number of thioether (sulfide) groups is 1. The smallest absolute Gasteiger partial charge is 0.233 e. The van der Waals surface area contributed by atoms with E-state index in [1.165, 1.54) is 30.5 Å². The number of nitrogens with one attached hydrogen (secondary N) is 1. The molecule has 1 aliphatic heterocycles. The molecule has 0 spiro atoms. The molecule has 1 amide bonds. The third-order valence-corrected chi connectivity index (χ3v) is 5.94. The monoisotopic (exact) mass is 368 g/mol. The fourth-order valence-electron chi connectivity index (χ4n) is 3.18. The number of hydrogen-bond donors (Lipinski definition) is 1. The Hall–Kier alpha value is -1.94. The van der Waals surface area contributed by atoms with Crippen molar-refractivity contribution in [1.29, 1.82) is 0 Å². The predicted octanol–water partition coefficient (Wildman–Crippen LogP) is 4.78. The summed E-state index contributed by atoms with van der Waals surface area (Å²) in [6.45, 7) is 6.92. The molecule has 0 aromatic heterocycles.